The van der Waals surface area contributed by atoms with Gasteiger partial charge in [0.05, 0.1) is 0 Å². The summed E-state index contributed by atoms with van der Waals surface area (Å²) in [6.45, 7) is -0.0102. The summed E-state index contributed by atoms with van der Waals surface area (Å²) in [5, 5.41) is 2.72. The van der Waals surface area contributed by atoms with E-state index in [0.29, 0.717) is 12.3 Å². The lowest BCUT2D eigenvalue weighted by atomic mass is 9.87. The molecule has 4 heteroatoms. The molecule has 0 spiro atoms. The zero-order valence-electron chi connectivity index (χ0n) is 14.3. The largest absolute Gasteiger partial charge is 0.461 e. The number of hydrogen-bond acceptors (Lipinski definition) is 3. The van der Waals surface area contributed by atoms with Crippen molar-refractivity contribution < 1.29 is 14.3 Å². The molecule has 3 rings (SSSR count). The maximum Gasteiger partial charge on any atom is 0.325 e. The van der Waals surface area contributed by atoms with E-state index in [1.807, 2.05) is 12.1 Å². The molecule has 1 atom stereocenters. The number of rotatable bonds is 5. The molecule has 1 aromatic rings. The van der Waals surface area contributed by atoms with Gasteiger partial charge in [-0.1, -0.05) is 43.5 Å². The fraction of sp³-hybridized carbons (Fsp3) is 0.600. The van der Waals surface area contributed by atoms with Gasteiger partial charge < -0.3 is 10.1 Å². The van der Waals surface area contributed by atoms with Gasteiger partial charge in [0.1, 0.15) is 12.6 Å². The van der Waals surface area contributed by atoms with E-state index in [-0.39, 0.29) is 24.5 Å². The van der Waals surface area contributed by atoms with Crippen molar-refractivity contribution in [3.63, 3.8) is 0 Å². The average molecular weight is 329 g/mol. The molecule has 1 aromatic carbocycles. The Kier molecular flexibility index (Phi) is 5.89. The van der Waals surface area contributed by atoms with Crippen LogP contribution in [0.4, 0.5) is 0 Å². The summed E-state index contributed by atoms with van der Waals surface area (Å²) in [4.78, 5) is 23.9. The Hall–Kier alpha value is -1.84. The Morgan fingerprint density at radius 3 is 2.58 bits per heavy atom. The number of carbonyl (C=O) groups is 2. The predicted octanol–water partition coefficient (Wildman–Crippen LogP) is 3.17. The van der Waals surface area contributed by atoms with Crippen LogP contribution in [0.25, 0.3) is 0 Å². The molecule has 24 heavy (non-hydrogen) atoms. The second kappa shape index (κ2) is 8.32. The van der Waals surface area contributed by atoms with Gasteiger partial charge in [-0.2, -0.15) is 0 Å². The maximum atomic E-state index is 12.0. The minimum absolute atomic E-state index is 0.0102. The summed E-state index contributed by atoms with van der Waals surface area (Å²) in [6, 6.07) is 8.31. The van der Waals surface area contributed by atoms with Gasteiger partial charge in [0.15, 0.2) is 0 Å². The van der Waals surface area contributed by atoms with Crippen LogP contribution in [0, 0.1) is 5.92 Å². The van der Waals surface area contributed by atoms with E-state index < -0.39 is 0 Å². The van der Waals surface area contributed by atoms with Gasteiger partial charge in [0.2, 0.25) is 5.91 Å². The number of benzene rings is 1. The number of esters is 1. The highest BCUT2D eigenvalue weighted by Crippen LogP contribution is 2.26. The molecule has 1 fully saturated rings. The van der Waals surface area contributed by atoms with Crippen molar-refractivity contribution in [2.45, 2.75) is 63.9 Å². The van der Waals surface area contributed by atoms with E-state index in [1.165, 1.54) is 30.4 Å². The van der Waals surface area contributed by atoms with Crippen molar-refractivity contribution in [2.24, 2.45) is 5.92 Å². The molecule has 1 N–H and O–H groups in total. The lowest BCUT2D eigenvalue weighted by Gasteiger charge is -2.24. The summed E-state index contributed by atoms with van der Waals surface area (Å²) < 4.78 is 5.53. The zero-order valence-corrected chi connectivity index (χ0v) is 14.3. The molecule has 0 bridgehead atoms. The van der Waals surface area contributed by atoms with Crippen LogP contribution in [-0.4, -0.2) is 24.5 Å². The van der Waals surface area contributed by atoms with Crippen LogP contribution in [0.15, 0.2) is 24.3 Å². The van der Waals surface area contributed by atoms with E-state index in [2.05, 4.69) is 17.4 Å². The number of hydrogen-bond donors (Lipinski definition) is 1. The first-order chi connectivity index (χ1) is 11.7. The second-order valence-corrected chi connectivity index (χ2v) is 7.11. The molecule has 0 aliphatic heterocycles. The smallest absolute Gasteiger partial charge is 0.325 e. The standard InChI is InChI=1S/C20H27NO3/c22-19(12-15-6-2-1-3-7-15)21-14-20(23)24-18-11-10-16-8-4-5-9-17(16)13-18/h4-5,8-9,15,18H,1-3,6-7,10-14H2,(H,21,22). The van der Waals surface area contributed by atoms with Crippen LogP contribution in [0.2, 0.25) is 0 Å². The summed E-state index contributed by atoms with van der Waals surface area (Å²) in [5.41, 5.74) is 2.62. The molecular weight excluding hydrogens is 302 g/mol. The van der Waals surface area contributed by atoms with Crippen molar-refractivity contribution in [3.8, 4) is 0 Å². The highest BCUT2D eigenvalue weighted by molar-refractivity contribution is 5.82. The van der Waals surface area contributed by atoms with Crippen LogP contribution in [0.5, 0.6) is 0 Å². The Balaban J connectivity index is 1.37. The number of carbonyl (C=O) groups excluding carboxylic acids is 2. The fourth-order valence-corrected chi connectivity index (χ4v) is 3.89. The van der Waals surface area contributed by atoms with E-state index in [0.717, 1.165) is 32.1 Å². The van der Waals surface area contributed by atoms with Gasteiger partial charge in [-0.25, -0.2) is 0 Å². The molecule has 0 saturated heterocycles. The quantitative estimate of drug-likeness (QED) is 0.844. The van der Waals surface area contributed by atoms with E-state index in [1.54, 1.807) is 0 Å². The minimum atomic E-state index is -0.323. The van der Waals surface area contributed by atoms with Gasteiger partial charge in [0.25, 0.3) is 0 Å². The van der Waals surface area contributed by atoms with Gasteiger partial charge >= 0.3 is 5.97 Å². The molecular formula is C20H27NO3. The third-order valence-electron chi connectivity index (χ3n) is 5.23. The summed E-state index contributed by atoms with van der Waals surface area (Å²) in [6.07, 6.45) is 9.07. The number of amides is 1. The molecule has 0 heterocycles. The maximum absolute atomic E-state index is 12.0. The lowest BCUT2D eigenvalue weighted by Crippen LogP contribution is -2.35. The molecule has 1 amide bonds. The van der Waals surface area contributed by atoms with Crippen LogP contribution < -0.4 is 5.32 Å². The number of fused-ring (bicyclic) bond motifs is 1. The van der Waals surface area contributed by atoms with E-state index >= 15 is 0 Å². The second-order valence-electron chi connectivity index (χ2n) is 7.11. The fourth-order valence-electron chi connectivity index (χ4n) is 3.89. The highest BCUT2D eigenvalue weighted by Gasteiger charge is 2.22. The first-order valence-electron chi connectivity index (χ1n) is 9.23. The SMILES string of the molecule is O=C(CC1CCCCC1)NCC(=O)OC1CCc2ccccc2C1. The Morgan fingerprint density at radius 2 is 1.79 bits per heavy atom. The number of ether oxygens (including phenoxy) is 1. The molecule has 2 aliphatic carbocycles. The topological polar surface area (TPSA) is 55.4 Å². The van der Waals surface area contributed by atoms with E-state index in [9.17, 15) is 9.59 Å². The van der Waals surface area contributed by atoms with E-state index in [4.69, 9.17) is 4.74 Å². The predicted molar refractivity (Wildman–Crippen MR) is 92.5 cm³/mol. The molecule has 2 aliphatic rings. The molecule has 0 aromatic heterocycles. The molecule has 130 valence electrons. The summed E-state index contributed by atoms with van der Waals surface area (Å²) in [7, 11) is 0. The van der Waals surface area contributed by atoms with Crippen LogP contribution in [0.1, 0.15) is 56.1 Å². The van der Waals surface area contributed by atoms with Gasteiger partial charge in [-0.15, -0.1) is 0 Å². The highest BCUT2D eigenvalue weighted by atomic mass is 16.5. The van der Waals surface area contributed by atoms with Crippen LogP contribution >= 0.6 is 0 Å². The first-order valence-corrected chi connectivity index (χ1v) is 9.23. The van der Waals surface area contributed by atoms with Crippen molar-refractivity contribution in [2.75, 3.05) is 6.54 Å². The van der Waals surface area contributed by atoms with Crippen molar-refractivity contribution in [1.29, 1.82) is 0 Å². The zero-order chi connectivity index (χ0) is 16.8. The van der Waals surface area contributed by atoms with Gasteiger partial charge in [-0.05, 0) is 42.7 Å². The van der Waals surface area contributed by atoms with Gasteiger partial charge in [0, 0.05) is 12.8 Å². The van der Waals surface area contributed by atoms with Crippen molar-refractivity contribution in [3.05, 3.63) is 35.4 Å². The summed E-state index contributed by atoms with van der Waals surface area (Å²) >= 11 is 0. The third kappa shape index (κ3) is 4.83. The monoisotopic (exact) mass is 329 g/mol. The Labute approximate surface area is 144 Å². The van der Waals surface area contributed by atoms with Crippen LogP contribution in [0.3, 0.4) is 0 Å². The summed E-state index contributed by atoms with van der Waals surface area (Å²) in [5.74, 6) is 0.147. The molecule has 1 unspecified atom stereocenters. The number of aryl methyl sites for hydroxylation is 1. The van der Waals surface area contributed by atoms with Crippen molar-refractivity contribution in [1.82, 2.24) is 5.32 Å². The first kappa shape index (κ1) is 17.0. The van der Waals surface area contributed by atoms with Crippen molar-refractivity contribution >= 4 is 11.9 Å². The molecule has 0 radical (unpaired) electrons. The van der Waals surface area contributed by atoms with Gasteiger partial charge in [-0.3, -0.25) is 9.59 Å². The average Bonchev–Trinajstić information content (AvgIpc) is 2.61. The van der Waals surface area contributed by atoms with Crippen LogP contribution in [-0.2, 0) is 27.2 Å². The minimum Gasteiger partial charge on any atom is -0.461 e. The molecule has 1 saturated carbocycles. The Morgan fingerprint density at radius 1 is 1.04 bits per heavy atom. The lowest BCUT2D eigenvalue weighted by molar-refractivity contribution is -0.149. The molecule has 4 nitrogen and oxygen atoms in total. The Bertz CT molecular complexity index is 578. The third-order valence-corrected chi connectivity index (χ3v) is 5.23. The normalized spacial score (nSPS) is 20.9. The number of nitrogens with one attached hydrogen (secondary N) is 1.